The molecule has 0 bridgehead atoms. The van der Waals surface area contributed by atoms with Crippen molar-refractivity contribution >= 4 is 0 Å². The first kappa shape index (κ1) is 6.92. The van der Waals surface area contributed by atoms with Crippen LogP contribution in [0.4, 0.5) is 4.39 Å². The Hall–Kier alpha value is -0.190. The summed E-state index contributed by atoms with van der Waals surface area (Å²) < 4.78 is 16.9. The van der Waals surface area contributed by atoms with Crippen LogP contribution in [0.25, 0.3) is 0 Å². The van der Waals surface area contributed by atoms with E-state index in [-0.39, 0.29) is 13.2 Å². The maximum atomic E-state index is 12.3. The molecule has 0 aliphatic carbocycles. The van der Waals surface area contributed by atoms with Crippen LogP contribution in [0, 0.1) is 0 Å². The van der Waals surface area contributed by atoms with Gasteiger partial charge < -0.3 is 14.9 Å². The fourth-order valence-electron chi connectivity index (χ4n) is 0.740. The van der Waals surface area contributed by atoms with Gasteiger partial charge in [-0.2, -0.15) is 0 Å². The standard InChI is InChI=1S/C5H9FO3/c6-3-1-9-2-4(7)5(3)8/h3-5,7-8H,1-2H2. The van der Waals surface area contributed by atoms with Gasteiger partial charge in [-0.25, -0.2) is 4.39 Å². The van der Waals surface area contributed by atoms with Gasteiger partial charge in [-0.05, 0) is 0 Å². The molecule has 0 spiro atoms. The van der Waals surface area contributed by atoms with E-state index in [1.165, 1.54) is 0 Å². The monoisotopic (exact) mass is 136 g/mol. The van der Waals surface area contributed by atoms with Crippen LogP contribution >= 0.6 is 0 Å². The first-order chi connectivity index (χ1) is 4.22. The van der Waals surface area contributed by atoms with Gasteiger partial charge in [0.25, 0.3) is 0 Å². The fourth-order valence-corrected chi connectivity index (χ4v) is 0.740. The minimum absolute atomic E-state index is 0.0294. The molecule has 0 aromatic rings. The molecule has 1 aliphatic rings. The van der Waals surface area contributed by atoms with Crippen molar-refractivity contribution in [2.75, 3.05) is 13.2 Å². The number of aliphatic hydroxyl groups excluding tert-OH is 2. The van der Waals surface area contributed by atoms with Crippen LogP contribution in [0.2, 0.25) is 0 Å². The molecule has 0 aromatic heterocycles. The molecule has 4 heteroatoms. The van der Waals surface area contributed by atoms with E-state index in [2.05, 4.69) is 4.74 Å². The Morgan fingerprint density at radius 2 is 2.00 bits per heavy atom. The number of hydrogen-bond acceptors (Lipinski definition) is 3. The van der Waals surface area contributed by atoms with Gasteiger partial charge in [-0.15, -0.1) is 0 Å². The van der Waals surface area contributed by atoms with Crippen molar-refractivity contribution in [1.82, 2.24) is 0 Å². The largest absolute Gasteiger partial charge is 0.388 e. The summed E-state index contributed by atoms with van der Waals surface area (Å²) in [6.07, 6.45) is -3.76. The highest BCUT2D eigenvalue weighted by atomic mass is 19.1. The molecule has 1 saturated heterocycles. The van der Waals surface area contributed by atoms with Gasteiger partial charge >= 0.3 is 0 Å². The third-order valence-corrected chi connectivity index (χ3v) is 1.33. The molecule has 1 aliphatic heterocycles. The average Bonchev–Trinajstić information content (AvgIpc) is 1.83. The molecule has 1 heterocycles. The highest BCUT2D eigenvalue weighted by molar-refractivity contribution is 4.78. The van der Waals surface area contributed by atoms with Crippen molar-refractivity contribution in [1.29, 1.82) is 0 Å². The van der Waals surface area contributed by atoms with E-state index in [1.54, 1.807) is 0 Å². The molecule has 9 heavy (non-hydrogen) atoms. The van der Waals surface area contributed by atoms with Crippen molar-refractivity contribution in [3.05, 3.63) is 0 Å². The van der Waals surface area contributed by atoms with E-state index in [4.69, 9.17) is 10.2 Å². The van der Waals surface area contributed by atoms with Crippen LogP contribution in [0.5, 0.6) is 0 Å². The first-order valence-corrected chi connectivity index (χ1v) is 2.80. The van der Waals surface area contributed by atoms with Gasteiger partial charge in [-0.3, -0.25) is 0 Å². The summed E-state index contributed by atoms with van der Waals surface area (Å²) in [7, 11) is 0. The van der Waals surface area contributed by atoms with E-state index in [0.29, 0.717) is 0 Å². The molecule has 3 unspecified atom stereocenters. The normalized spacial score (nSPS) is 45.0. The average molecular weight is 136 g/mol. The molecule has 2 N–H and O–H groups in total. The third kappa shape index (κ3) is 1.38. The number of rotatable bonds is 0. The molecule has 54 valence electrons. The summed E-state index contributed by atoms with van der Waals surface area (Å²) >= 11 is 0. The fraction of sp³-hybridized carbons (Fsp3) is 1.00. The number of hydrogen-bond donors (Lipinski definition) is 2. The highest BCUT2D eigenvalue weighted by Gasteiger charge is 2.30. The zero-order chi connectivity index (χ0) is 6.85. The lowest BCUT2D eigenvalue weighted by Gasteiger charge is -2.26. The van der Waals surface area contributed by atoms with Gasteiger partial charge in [-0.1, -0.05) is 0 Å². The topological polar surface area (TPSA) is 49.7 Å². The number of aliphatic hydroxyl groups is 2. The number of halogens is 1. The predicted molar refractivity (Wildman–Crippen MR) is 27.7 cm³/mol. The maximum Gasteiger partial charge on any atom is 0.152 e. The van der Waals surface area contributed by atoms with Crippen LogP contribution in [0.15, 0.2) is 0 Å². The molecule has 1 fully saturated rings. The van der Waals surface area contributed by atoms with Gasteiger partial charge in [0, 0.05) is 0 Å². The Morgan fingerprint density at radius 1 is 1.33 bits per heavy atom. The Bertz CT molecular complexity index is 88.2. The lowest BCUT2D eigenvalue weighted by atomic mass is 10.1. The van der Waals surface area contributed by atoms with Gasteiger partial charge in [0.2, 0.25) is 0 Å². The van der Waals surface area contributed by atoms with Crippen LogP contribution in [-0.2, 0) is 4.74 Å². The van der Waals surface area contributed by atoms with E-state index in [1.807, 2.05) is 0 Å². The summed E-state index contributed by atoms with van der Waals surface area (Å²) in [5.41, 5.74) is 0. The molecular weight excluding hydrogens is 127 g/mol. The minimum atomic E-state index is -1.44. The molecule has 3 nitrogen and oxygen atoms in total. The van der Waals surface area contributed by atoms with E-state index >= 15 is 0 Å². The Labute approximate surface area is 52.1 Å². The second kappa shape index (κ2) is 2.60. The van der Waals surface area contributed by atoms with Crippen molar-refractivity contribution in [2.45, 2.75) is 18.4 Å². The molecule has 1 rings (SSSR count). The molecule has 0 radical (unpaired) electrons. The zero-order valence-electron chi connectivity index (χ0n) is 4.83. The lowest BCUT2D eigenvalue weighted by Crippen LogP contribution is -2.45. The van der Waals surface area contributed by atoms with E-state index in [9.17, 15) is 4.39 Å². The SMILES string of the molecule is OC1COCC(F)C1O. The maximum absolute atomic E-state index is 12.3. The second-order valence-electron chi connectivity index (χ2n) is 2.11. The summed E-state index contributed by atoms with van der Waals surface area (Å²) in [5.74, 6) is 0. The Morgan fingerprint density at radius 3 is 2.44 bits per heavy atom. The summed E-state index contributed by atoms with van der Waals surface area (Å²) in [5, 5.41) is 17.5. The van der Waals surface area contributed by atoms with Crippen molar-refractivity contribution in [3.8, 4) is 0 Å². The van der Waals surface area contributed by atoms with E-state index < -0.39 is 18.4 Å². The molecular formula is C5H9FO3. The number of alkyl halides is 1. The number of ether oxygens (including phenoxy) is 1. The summed E-state index contributed by atoms with van der Waals surface area (Å²) in [4.78, 5) is 0. The smallest absolute Gasteiger partial charge is 0.152 e. The van der Waals surface area contributed by atoms with Gasteiger partial charge in [0.05, 0.1) is 13.2 Å². The summed E-state index contributed by atoms with van der Waals surface area (Å²) in [6, 6.07) is 0. The molecule has 3 atom stereocenters. The van der Waals surface area contributed by atoms with Gasteiger partial charge in [0.1, 0.15) is 12.2 Å². The van der Waals surface area contributed by atoms with Crippen molar-refractivity contribution < 1.29 is 19.3 Å². The quantitative estimate of drug-likeness (QED) is 0.452. The molecule has 0 saturated carbocycles. The molecule has 0 amide bonds. The lowest BCUT2D eigenvalue weighted by molar-refractivity contribution is -0.127. The molecule has 0 aromatic carbocycles. The minimum Gasteiger partial charge on any atom is -0.388 e. The van der Waals surface area contributed by atoms with Crippen LogP contribution in [-0.4, -0.2) is 41.8 Å². The van der Waals surface area contributed by atoms with E-state index in [0.717, 1.165) is 0 Å². The third-order valence-electron chi connectivity index (χ3n) is 1.33. The Kier molecular flexibility index (Phi) is 2.00. The van der Waals surface area contributed by atoms with Crippen molar-refractivity contribution in [2.24, 2.45) is 0 Å². The van der Waals surface area contributed by atoms with Crippen LogP contribution in [0.3, 0.4) is 0 Å². The van der Waals surface area contributed by atoms with Crippen molar-refractivity contribution in [3.63, 3.8) is 0 Å². The zero-order valence-corrected chi connectivity index (χ0v) is 4.83. The summed E-state index contributed by atoms with van der Waals surface area (Å²) in [6.45, 7) is -0.0835. The van der Waals surface area contributed by atoms with Gasteiger partial charge in [0.15, 0.2) is 6.17 Å². The van der Waals surface area contributed by atoms with Crippen LogP contribution in [0.1, 0.15) is 0 Å². The predicted octanol–water partition coefficient (Wildman–Crippen LogP) is -0.923. The second-order valence-corrected chi connectivity index (χ2v) is 2.11. The first-order valence-electron chi connectivity index (χ1n) is 2.80. The Balaban J connectivity index is 2.41. The highest BCUT2D eigenvalue weighted by Crippen LogP contribution is 2.10. The van der Waals surface area contributed by atoms with Crippen LogP contribution < -0.4 is 0 Å².